The first-order chi connectivity index (χ1) is 11.6. The number of fused-ring (bicyclic) bond motifs is 3. The summed E-state index contributed by atoms with van der Waals surface area (Å²) in [5, 5.41) is 19.5. The molecule has 2 heterocycles. The van der Waals surface area contributed by atoms with Crippen LogP contribution in [-0.4, -0.2) is 5.11 Å². The predicted octanol–water partition coefficient (Wildman–Crippen LogP) is 4.97. The Morgan fingerprint density at radius 1 is 1.00 bits per heavy atom. The molecule has 0 unspecified atom stereocenters. The summed E-state index contributed by atoms with van der Waals surface area (Å²) < 4.78 is 10.8. The van der Waals surface area contributed by atoms with E-state index in [4.69, 9.17) is 8.83 Å². The number of azo groups is 1. The minimum Gasteiger partial charge on any atom is -0.502 e. The normalized spacial score (nSPS) is 11.7. The molecule has 0 aliphatic carbocycles. The molecule has 1 N–H and O–H groups in total. The van der Waals surface area contributed by atoms with Crippen molar-refractivity contribution in [3.63, 3.8) is 0 Å². The SMILES string of the molecule is Cc1cc(=O)oc2c1ccc1oc(N=Nc3ccccc3)c(O)c12. The van der Waals surface area contributed by atoms with Gasteiger partial charge in [-0.05, 0) is 36.8 Å². The van der Waals surface area contributed by atoms with Gasteiger partial charge in [0.25, 0.3) is 5.88 Å². The van der Waals surface area contributed by atoms with Crippen molar-refractivity contribution in [1.82, 2.24) is 0 Å². The Hall–Kier alpha value is -3.41. The number of hydrogen-bond donors (Lipinski definition) is 1. The smallest absolute Gasteiger partial charge is 0.336 e. The van der Waals surface area contributed by atoms with E-state index in [1.807, 2.05) is 18.2 Å². The first-order valence-corrected chi connectivity index (χ1v) is 7.29. The van der Waals surface area contributed by atoms with Crippen molar-refractivity contribution in [3.05, 3.63) is 64.5 Å². The van der Waals surface area contributed by atoms with Gasteiger partial charge in [0.1, 0.15) is 11.0 Å². The van der Waals surface area contributed by atoms with Crippen molar-refractivity contribution in [2.75, 3.05) is 0 Å². The number of rotatable bonds is 2. The van der Waals surface area contributed by atoms with Gasteiger partial charge in [0.15, 0.2) is 11.3 Å². The molecule has 4 rings (SSSR count). The van der Waals surface area contributed by atoms with E-state index in [0.717, 1.165) is 10.9 Å². The van der Waals surface area contributed by atoms with Gasteiger partial charge in [-0.2, -0.15) is 0 Å². The van der Waals surface area contributed by atoms with Gasteiger partial charge in [-0.15, -0.1) is 10.2 Å². The van der Waals surface area contributed by atoms with E-state index in [2.05, 4.69) is 10.2 Å². The lowest BCUT2D eigenvalue weighted by Crippen LogP contribution is -1.97. The van der Waals surface area contributed by atoms with Crippen molar-refractivity contribution in [1.29, 1.82) is 0 Å². The fraction of sp³-hybridized carbons (Fsp3) is 0.0556. The molecule has 0 saturated heterocycles. The van der Waals surface area contributed by atoms with Crippen LogP contribution in [0, 0.1) is 6.92 Å². The third kappa shape index (κ3) is 2.25. The molecule has 0 aliphatic heterocycles. The molecule has 0 saturated carbocycles. The van der Waals surface area contributed by atoms with Crippen LogP contribution in [0.5, 0.6) is 5.75 Å². The first kappa shape index (κ1) is 14.2. The molecular weight excluding hydrogens is 308 g/mol. The minimum atomic E-state index is -0.486. The fourth-order valence-corrected chi connectivity index (χ4v) is 2.60. The molecule has 0 spiro atoms. The van der Waals surface area contributed by atoms with Gasteiger partial charge in [0.2, 0.25) is 0 Å². The van der Waals surface area contributed by atoms with Gasteiger partial charge in [0.05, 0.1) is 5.69 Å². The molecular formula is C18H12N2O4. The fourth-order valence-electron chi connectivity index (χ4n) is 2.60. The average Bonchev–Trinajstić information content (AvgIpc) is 2.90. The Labute approximate surface area is 135 Å². The Balaban J connectivity index is 1.93. The maximum atomic E-state index is 11.7. The van der Waals surface area contributed by atoms with Crippen molar-refractivity contribution in [2.45, 2.75) is 6.92 Å². The lowest BCUT2D eigenvalue weighted by atomic mass is 10.1. The zero-order valence-corrected chi connectivity index (χ0v) is 12.7. The molecule has 0 bridgehead atoms. The summed E-state index contributed by atoms with van der Waals surface area (Å²) in [6, 6.07) is 14.0. The second kappa shape index (κ2) is 5.34. The number of furan rings is 1. The zero-order valence-electron chi connectivity index (χ0n) is 12.7. The Morgan fingerprint density at radius 3 is 2.58 bits per heavy atom. The molecule has 0 amide bonds. The molecule has 0 atom stereocenters. The minimum absolute atomic E-state index is 0.0366. The summed E-state index contributed by atoms with van der Waals surface area (Å²) in [6.07, 6.45) is 0. The molecule has 2 aromatic carbocycles. The van der Waals surface area contributed by atoms with E-state index in [0.29, 0.717) is 16.7 Å². The molecule has 0 radical (unpaired) electrons. The van der Waals surface area contributed by atoms with Crippen LogP contribution in [-0.2, 0) is 0 Å². The summed E-state index contributed by atoms with van der Waals surface area (Å²) >= 11 is 0. The topological polar surface area (TPSA) is 88.3 Å². The van der Waals surface area contributed by atoms with E-state index in [1.54, 1.807) is 31.2 Å². The van der Waals surface area contributed by atoms with Crippen LogP contribution in [0.15, 0.2) is 72.4 Å². The third-order valence-electron chi connectivity index (χ3n) is 3.74. The molecule has 118 valence electrons. The Kier molecular flexibility index (Phi) is 3.16. The van der Waals surface area contributed by atoms with Gasteiger partial charge in [-0.25, -0.2) is 4.79 Å². The number of nitrogens with zero attached hydrogens (tertiary/aromatic N) is 2. The van der Waals surface area contributed by atoms with E-state index in [9.17, 15) is 9.90 Å². The van der Waals surface area contributed by atoms with Gasteiger partial charge in [-0.3, -0.25) is 0 Å². The van der Waals surface area contributed by atoms with Gasteiger partial charge < -0.3 is 13.9 Å². The van der Waals surface area contributed by atoms with Crippen LogP contribution in [0.2, 0.25) is 0 Å². The lowest BCUT2D eigenvalue weighted by molar-refractivity contribution is 0.467. The Morgan fingerprint density at radius 2 is 1.79 bits per heavy atom. The van der Waals surface area contributed by atoms with E-state index < -0.39 is 5.63 Å². The van der Waals surface area contributed by atoms with Crippen LogP contribution in [0.4, 0.5) is 11.6 Å². The molecule has 24 heavy (non-hydrogen) atoms. The highest BCUT2D eigenvalue weighted by Crippen LogP contribution is 2.42. The number of aromatic hydroxyl groups is 1. The summed E-state index contributed by atoms with van der Waals surface area (Å²) in [5.41, 5.74) is 1.55. The number of aryl methyl sites for hydroxylation is 1. The average molecular weight is 320 g/mol. The quantitative estimate of drug-likeness (QED) is 0.417. The van der Waals surface area contributed by atoms with Crippen LogP contribution in [0.3, 0.4) is 0 Å². The van der Waals surface area contributed by atoms with Crippen LogP contribution in [0.1, 0.15) is 5.56 Å². The maximum Gasteiger partial charge on any atom is 0.336 e. The number of hydrogen-bond acceptors (Lipinski definition) is 6. The first-order valence-electron chi connectivity index (χ1n) is 7.29. The second-order valence-electron chi connectivity index (χ2n) is 5.36. The predicted molar refractivity (Wildman–Crippen MR) is 89.3 cm³/mol. The molecule has 0 aliphatic rings. The maximum absolute atomic E-state index is 11.7. The summed E-state index contributed by atoms with van der Waals surface area (Å²) in [7, 11) is 0. The third-order valence-corrected chi connectivity index (χ3v) is 3.74. The molecule has 4 aromatic rings. The van der Waals surface area contributed by atoms with Gasteiger partial charge in [0, 0.05) is 11.5 Å². The van der Waals surface area contributed by atoms with Crippen LogP contribution >= 0.6 is 0 Å². The van der Waals surface area contributed by atoms with Gasteiger partial charge in [-0.1, -0.05) is 18.2 Å². The largest absolute Gasteiger partial charge is 0.502 e. The highest BCUT2D eigenvalue weighted by atomic mass is 16.4. The molecule has 6 heteroatoms. The van der Waals surface area contributed by atoms with E-state index in [-0.39, 0.29) is 17.2 Å². The highest BCUT2D eigenvalue weighted by Gasteiger charge is 2.18. The van der Waals surface area contributed by atoms with Crippen molar-refractivity contribution < 1.29 is 13.9 Å². The summed E-state index contributed by atoms with van der Waals surface area (Å²) in [4.78, 5) is 11.7. The monoisotopic (exact) mass is 320 g/mol. The van der Waals surface area contributed by atoms with E-state index in [1.165, 1.54) is 6.07 Å². The van der Waals surface area contributed by atoms with Crippen LogP contribution < -0.4 is 5.63 Å². The van der Waals surface area contributed by atoms with Crippen molar-refractivity contribution in [2.24, 2.45) is 10.2 Å². The molecule has 6 nitrogen and oxygen atoms in total. The zero-order chi connectivity index (χ0) is 16.7. The van der Waals surface area contributed by atoms with Crippen molar-refractivity contribution in [3.8, 4) is 5.75 Å². The number of benzene rings is 2. The van der Waals surface area contributed by atoms with Gasteiger partial charge >= 0.3 is 5.63 Å². The van der Waals surface area contributed by atoms with Crippen LogP contribution in [0.25, 0.3) is 21.9 Å². The highest BCUT2D eigenvalue weighted by molar-refractivity contribution is 6.08. The molecule has 2 aromatic heterocycles. The Bertz CT molecular complexity index is 1140. The standard InChI is InChI=1S/C18H12N2O4/c1-10-9-14(21)24-17-12(10)7-8-13-15(17)16(22)18(23-13)20-19-11-5-3-2-4-6-11/h2-9,22H,1H3. The van der Waals surface area contributed by atoms with Crippen molar-refractivity contribution >= 4 is 33.5 Å². The summed E-state index contributed by atoms with van der Waals surface area (Å²) in [6.45, 7) is 1.80. The lowest BCUT2D eigenvalue weighted by Gasteiger charge is -2.00. The second-order valence-corrected chi connectivity index (χ2v) is 5.36. The molecule has 0 fully saturated rings. The summed E-state index contributed by atoms with van der Waals surface area (Å²) in [5.74, 6) is -0.241. The van der Waals surface area contributed by atoms with E-state index >= 15 is 0 Å².